The van der Waals surface area contributed by atoms with Crippen molar-refractivity contribution in [2.24, 2.45) is 0 Å². The fourth-order valence-corrected chi connectivity index (χ4v) is 1.88. The SMILES string of the molecule is Nc1ccc(CN(Cc2ccccc2)C(F)(F)F)cc1. The molecule has 2 aromatic rings. The number of hydrogen-bond donors (Lipinski definition) is 1. The maximum atomic E-state index is 13.1. The Kier molecular flexibility index (Phi) is 4.29. The van der Waals surface area contributed by atoms with Crippen LogP contribution in [0.15, 0.2) is 54.6 Å². The van der Waals surface area contributed by atoms with E-state index in [1.165, 1.54) is 0 Å². The first-order valence-electron chi connectivity index (χ1n) is 6.15. The quantitative estimate of drug-likeness (QED) is 0.682. The molecule has 20 heavy (non-hydrogen) atoms. The molecule has 0 amide bonds. The molecule has 0 saturated heterocycles. The Morgan fingerprint density at radius 1 is 0.800 bits per heavy atom. The number of nitrogens with two attached hydrogens (primary N) is 1. The molecule has 106 valence electrons. The first kappa shape index (κ1) is 14.4. The Hall–Kier alpha value is -2.01. The fourth-order valence-electron chi connectivity index (χ4n) is 1.88. The molecule has 0 fully saturated rings. The van der Waals surface area contributed by atoms with E-state index in [9.17, 15) is 13.2 Å². The summed E-state index contributed by atoms with van der Waals surface area (Å²) >= 11 is 0. The molecule has 2 nitrogen and oxygen atoms in total. The van der Waals surface area contributed by atoms with Crippen LogP contribution in [0, 0.1) is 0 Å². The van der Waals surface area contributed by atoms with Crippen molar-refractivity contribution in [3.63, 3.8) is 0 Å². The van der Waals surface area contributed by atoms with Gasteiger partial charge in [-0.05, 0) is 23.3 Å². The Bertz CT molecular complexity index is 535. The first-order valence-corrected chi connectivity index (χ1v) is 6.15. The molecule has 0 unspecified atom stereocenters. The van der Waals surface area contributed by atoms with E-state index in [0.29, 0.717) is 21.7 Å². The molecule has 0 spiro atoms. The number of rotatable bonds is 4. The Morgan fingerprint density at radius 3 is 1.80 bits per heavy atom. The minimum atomic E-state index is -4.38. The van der Waals surface area contributed by atoms with Crippen LogP contribution in [-0.4, -0.2) is 11.2 Å². The molecule has 0 aliphatic heterocycles. The number of nitrogens with zero attached hydrogens (tertiary/aromatic N) is 1. The van der Waals surface area contributed by atoms with Gasteiger partial charge in [0, 0.05) is 18.8 Å². The number of anilines is 1. The van der Waals surface area contributed by atoms with Crippen LogP contribution in [0.4, 0.5) is 18.9 Å². The van der Waals surface area contributed by atoms with Crippen molar-refractivity contribution in [2.45, 2.75) is 19.4 Å². The zero-order chi connectivity index (χ0) is 14.6. The van der Waals surface area contributed by atoms with E-state index >= 15 is 0 Å². The van der Waals surface area contributed by atoms with Crippen LogP contribution < -0.4 is 5.73 Å². The maximum absolute atomic E-state index is 13.1. The lowest BCUT2D eigenvalue weighted by Crippen LogP contribution is -2.36. The number of alkyl halides is 3. The monoisotopic (exact) mass is 280 g/mol. The van der Waals surface area contributed by atoms with Gasteiger partial charge >= 0.3 is 6.30 Å². The summed E-state index contributed by atoms with van der Waals surface area (Å²) in [7, 11) is 0. The molecule has 2 rings (SSSR count). The van der Waals surface area contributed by atoms with Gasteiger partial charge in [-0.15, -0.1) is 0 Å². The minimum Gasteiger partial charge on any atom is -0.399 e. The van der Waals surface area contributed by atoms with Crippen molar-refractivity contribution in [1.82, 2.24) is 4.90 Å². The summed E-state index contributed by atoms with van der Waals surface area (Å²) in [4.78, 5) is 0.480. The van der Waals surface area contributed by atoms with Crippen LogP contribution in [0.25, 0.3) is 0 Å². The van der Waals surface area contributed by atoms with Crippen molar-refractivity contribution >= 4 is 5.69 Å². The van der Waals surface area contributed by atoms with Crippen LogP contribution in [0.5, 0.6) is 0 Å². The van der Waals surface area contributed by atoms with Crippen molar-refractivity contribution in [2.75, 3.05) is 5.73 Å². The highest BCUT2D eigenvalue weighted by Crippen LogP contribution is 2.26. The van der Waals surface area contributed by atoms with Gasteiger partial charge in [-0.3, -0.25) is 0 Å². The predicted molar refractivity (Wildman–Crippen MR) is 72.6 cm³/mol. The van der Waals surface area contributed by atoms with E-state index in [4.69, 9.17) is 5.73 Å². The molecule has 0 aliphatic carbocycles. The third-order valence-electron chi connectivity index (χ3n) is 2.93. The topological polar surface area (TPSA) is 29.3 Å². The molecule has 0 bridgehead atoms. The number of hydrogen-bond acceptors (Lipinski definition) is 2. The van der Waals surface area contributed by atoms with Gasteiger partial charge in [0.25, 0.3) is 0 Å². The van der Waals surface area contributed by atoms with Crippen LogP contribution in [-0.2, 0) is 13.1 Å². The van der Waals surface area contributed by atoms with Crippen LogP contribution >= 0.6 is 0 Å². The summed E-state index contributed by atoms with van der Waals surface area (Å²) in [5, 5.41) is 0. The van der Waals surface area contributed by atoms with Crippen LogP contribution in [0.3, 0.4) is 0 Å². The summed E-state index contributed by atoms with van der Waals surface area (Å²) in [6.45, 7) is -0.368. The summed E-state index contributed by atoms with van der Waals surface area (Å²) < 4.78 is 39.2. The second-order valence-corrected chi connectivity index (χ2v) is 4.55. The minimum absolute atomic E-state index is 0.172. The van der Waals surface area contributed by atoms with Crippen molar-refractivity contribution < 1.29 is 13.2 Å². The highest BCUT2D eigenvalue weighted by molar-refractivity contribution is 5.39. The Balaban J connectivity index is 2.14. The lowest BCUT2D eigenvalue weighted by Gasteiger charge is -2.25. The number of nitrogen functional groups attached to an aromatic ring is 1. The molecule has 2 aromatic carbocycles. The zero-order valence-electron chi connectivity index (χ0n) is 10.8. The summed E-state index contributed by atoms with van der Waals surface area (Å²) in [6, 6.07) is 15.0. The fraction of sp³-hybridized carbons (Fsp3) is 0.200. The molecular weight excluding hydrogens is 265 g/mol. The molecule has 0 atom stereocenters. The van der Waals surface area contributed by atoms with Crippen molar-refractivity contribution in [1.29, 1.82) is 0 Å². The van der Waals surface area contributed by atoms with Gasteiger partial charge in [-0.1, -0.05) is 42.5 Å². The second kappa shape index (κ2) is 5.96. The first-order chi connectivity index (χ1) is 9.45. The van der Waals surface area contributed by atoms with Crippen LogP contribution in [0.2, 0.25) is 0 Å². The van der Waals surface area contributed by atoms with Crippen LogP contribution in [0.1, 0.15) is 11.1 Å². The molecular formula is C15H15F3N2. The molecule has 0 aromatic heterocycles. The van der Waals surface area contributed by atoms with Gasteiger partial charge in [0.05, 0.1) is 0 Å². The van der Waals surface area contributed by atoms with Gasteiger partial charge in [0.15, 0.2) is 0 Å². The van der Waals surface area contributed by atoms with Gasteiger partial charge in [0.1, 0.15) is 0 Å². The van der Waals surface area contributed by atoms with Gasteiger partial charge < -0.3 is 5.73 Å². The van der Waals surface area contributed by atoms with Crippen molar-refractivity contribution in [3.8, 4) is 0 Å². The average Bonchev–Trinajstić information content (AvgIpc) is 2.40. The molecule has 2 N–H and O–H groups in total. The van der Waals surface area contributed by atoms with E-state index in [0.717, 1.165) is 0 Å². The van der Waals surface area contributed by atoms with Gasteiger partial charge in [-0.25, -0.2) is 4.90 Å². The maximum Gasteiger partial charge on any atom is 0.460 e. The summed E-state index contributed by atoms with van der Waals surface area (Å²) in [6.07, 6.45) is -4.38. The molecule has 0 aliphatic rings. The standard InChI is InChI=1S/C15H15F3N2/c16-15(17,18)20(10-12-4-2-1-3-5-12)11-13-6-8-14(19)9-7-13/h1-9H,10-11,19H2. The third kappa shape index (κ3) is 3.99. The molecule has 0 radical (unpaired) electrons. The molecule has 0 saturated carbocycles. The highest BCUT2D eigenvalue weighted by atomic mass is 19.4. The smallest absolute Gasteiger partial charge is 0.399 e. The normalized spacial score (nSPS) is 11.8. The van der Waals surface area contributed by atoms with E-state index < -0.39 is 6.30 Å². The molecule has 0 heterocycles. The average molecular weight is 280 g/mol. The predicted octanol–water partition coefficient (Wildman–Crippen LogP) is 3.79. The highest BCUT2D eigenvalue weighted by Gasteiger charge is 2.36. The summed E-state index contributed by atoms with van der Waals surface area (Å²) in [5.41, 5.74) is 7.27. The molecule has 5 heteroatoms. The van der Waals surface area contributed by atoms with Crippen molar-refractivity contribution in [3.05, 3.63) is 65.7 Å². The van der Waals surface area contributed by atoms with E-state index in [1.807, 2.05) is 0 Å². The van der Waals surface area contributed by atoms with Gasteiger partial charge in [0.2, 0.25) is 0 Å². The second-order valence-electron chi connectivity index (χ2n) is 4.55. The third-order valence-corrected chi connectivity index (χ3v) is 2.93. The lowest BCUT2D eigenvalue weighted by atomic mass is 10.1. The van der Waals surface area contributed by atoms with E-state index in [2.05, 4.69) is 0 Å². The Morgan fingerprint density at radius 2 is 1.30 bits per heavy atom. The zero-order valence-corrected chi connectivity index (χ0v) is 10.8. The number of benzene rings is 2. The van der Waals surface area contributed by atoms with E-state index in [-0.39, 0.29) is 13.1 Å². The lowest BCUT2D eigenvalue weighted by molar-refractivity contribution is -0.253. The van der Waals surface area contributed by atoms with Gasteiger partial charge in [-0.2, -0.15) is 13.2 Å². The number of halogens is 3. The largest absolute Gasteiger partial charge is 0.460 e. The Labute approximate surface area is 115 Å². The van der Waals surface area contributed by atoms with E-state index in [1.54, 1.807) is 54.6 Å². The summed E-state index contributed by atoms with van der Waals surface area (Å²) in [5.74, 6) is 0.